The maximum atomic E-state index is 12.5. The lowest BCUT2D eigenvalue weighted by atomic mass is 10.1. The van der Waals surface area contributed by atoms with Crippen LogP contribution in [-0.4, -0.2) is 33.2 Å². The van der Waals surface area contributed by atoms with E-state index in [1.807, 2.05) is 0 Å². The average Bonchev–Trinajstić information content (AvgIpc) is 2.62. The number of nitrogens with one attached hydrogen (secondary N) is 1. The van der Waals surface area contributed by atoms with Crippen LogP contribution in [0.15, 0.2) is 36.4 Å². The number of esters is 1. The molecular formula is C17H16ClNO5. The van der Waals surface area contributed by atoms with Gasteiger partial charge in [0.25, 0.3) is 5.91 Å². The van der Waals surface area contributed by atoms with Gasteiger partial charge < -0.3 is 19.5 Å². The maximum absolute atomic E-state index is 12.5. The van der Waals surface area contributed by atoms with E-state index in [2.05, 4.69) is 10.1 Å². The predicted molar refractivity (Wildman–Crippen MR) is 90.3 cm³/mol. The molecule has 1 amide bonds. The predicted octanol–water partition coefficient (Wildman–Crippen LogP) is 3.40. The van der Waals surface area contributed by atoms with Crippen molar-refractivity contribution in [2.75, 3.05) is 26.6 Å². The van der Waals surface area contributed by atoms with Crippen LogP contribution in [-0.2, 0) is 4.74 Å². The second-order valence-corrected chi connectivity index (χ2v) is 5.11. The fourth-order valence-electron chi connectivity index (χ4n) is 2.04. The Morgan fingerprint density at radius 3 is 2.38 bits per heavy atom. The zero-order chi connectivity index (χ0) is 17.7. The summed E-state index contributed by atoms with van der Waals surface area (Å²) in [5.74, 6) is -0.0381. The summed E-state index contributed by atoms with van der Waals surface area (Å²) in [7, 11) is 4.25. The number of hydrogen-bond acceptors (Lipinski definition) is 5. The van der Waals surface area contributed by atoms with E-state index in [1.54, 1.807) is 18.2 Å². The van der Waals surface area contributed by atoms with Crippen molar-refractivity contribution in [1.29, 1.82) is 0 Å². The number of carbonyl (C=O) groups excluding carboxylic acids is 2. The second kappa shape index (κ2) is 7.70. The van der Waals surface area contributed by atoms with E-state index >= 15 is 0 Å². The van der Waals surface area contributed by atoms with E-state index in [-0.39, 0.29) is 5.56 Å². The second-order valence-electron chi connectivity index (χ2n) is 4.71. The van der Waals surface area contributed by atoms with Crippen molar-refractivity contribution in [2.24, 2.45) is 0 Å². The van der Waals surface area contributed by atoms with Crippen molar-refractivity contribution in [1.82, 2.24) is 0 Å². The van der Waals surface area contributed by atoms with Gasteiger partial charge in [-0.2, -0.15) is 0 Å². The smallest absolute Gasteiger partial charge is 0.337 e. The van der Waals surface area contributed by atoms with Gasteiger partial charge in [0.1, 0.15) is 11.5 Å². The summed E-state index contributed by atoms with van der Waals surface area (Å²) in [5, 5.41) is 2.95. The van der Waals surface area contributed by atoms with Crippen LogP contribution < -0.4 is 14.8 Å². The topological polar surface area (TPSA) is 73.9 Å². The first kappa shape index (κ1) is 17.6. The number of rotatable bonds is 5. The Bertz CT molecular complexity index is 776. The van der Waals surface area contributed by atoms with Gasteiger partial charge in [-0.1, -0.05) is 11.6 Å². The van der Waals surface area contributed by atoms with Gasteiger partial charge >= 0.3 is 5.97 Å². The first-order valence-corrected chi connectivity index (χ1v) is 7.29. The molecule has 2 aromatic rings. The number of methoxy groups -OCH3 is 3. The standard InChI is InChI=1S/C17H16ClNO5/c1-22-11-5-6-12(15(9-11)23-2)16(20)19-14-8-10(17(21)24-3)4-7-13(14)18/h4-9H,1-3H3,(H,19,20). The lowest BCUT2D eigenvalue weighted by molar-refractivity contribution is 0.0600. The monoisotopic (exact) mass is 349 g/mol. The Morgan fingerprint density at radius 1 is 1.00 bits per heavy atom. The van der Waals surface area contributed by atoms with Crippen LogP contribution in [0.4, 0.5) is 5.69 Å². The van der Waals surface area contributed by atoms with Crippen LogP contribution in [0.1, 0.15) is 20.7 Å². The molecule has 0 unspecified atom stereocenters. The molecule has 2 aromatic carbocycles. The van der Waals surface area contributed by atoms with Crippen molar-refractivity contribution >= 4 is 29.2 Å². The lowest BCUT2D eigenvalue weighted by Crippen LogP contribution is -2.14. The molecule has 7 heteroatoms. The fraction of sp³-hybridized carbons (Fsp3) is 0.176. The normalized spacial score (nSPS) is 10.0. The minimum Gasteiger partial charge on any atom is -0.497 e. The molecule has 0 fully saturated rings. The van der Waals surface area contributed by atoms with E-state index in [0.29, 0.717) is 27.8 Å². The Kier molecular flexibility index (Phi) is 5.65. The number of hydrogen-bond donors (Lipinski definition) is 1. The van der Waals surface area contributed by atoms with Crippen molar-refractivity contribution < 1.29 is 23.8 Å². The van der Waals surface area contributed by atoms with Crippen molar-refractivity contribution in [3.63, 3.8) is 0 Å². The molecule has 0 aliphatic rings. The summed E-state index contributed by atoms with van der Waals surface area (Å²) in [6.07, 6.45) is 0. The molecule has 0 atom stereocenters. The molecule has 0 bridgehead atoms. The molecule has 0 saturated heterocycles. The quantitative estimate of drug-likeness (QED) is 0.837. The van der Waals surface area contributed by atoms with Gasteiger partial charge in [-0.05, 0) is 30.3 Å². The average molecular weight is 350 g/mol. The van der Waals surface area contributed by atoms with E-state index in [4.69, 9.17) is 21.1 Å². The first-order valence-electron chi connectivity index (χ1n) is 6.91. The summed E-state index contributed by atoms with van der Waals surface area (Å²) in [6.45, 7) is 0. The largest absolute Gasteiger partial charge is 0.497 e. The van der Waals surface area contributed by atoms with Crippen molar-refractivity contribution in [2.45, 2.75) is 0 Å². The Hall–Kier alpha value is -2.73. The van der Waals surface area contributed by atoms with Crippen LogP contribution in [0.5, 0.6) is 11.5 Å². The van der Waals surface area contributed by atoms with Gasteiger partial charge in [0, 0.05) is 6.07 Å². The Morgan fingerprint density at radius 2 is 1.75 bits per heavy atom. The van der Waals surface area contributed by atoms with E-state index in [0.717, 1.165) is 0 Å². The molecule has 1 N–H and O–H groups in total. The number of carbonyl (C=O) groups is 2. The zero-order valence-electron chi connectivity index (χ0n) is 13.4. The summed E-state index contributed by atoms with van der Waals surface area (Å²) in [5.41, 5.74) is 0.874. The van der Waals surface area contributed by atoms with Crippen LogP contribution in [0.3, 0.4) is 0 Å². The molecule has 0 radical (unpaired) electrons. The molecule has 24 heavy (non-hydrogen) atoms. The molecule has 0 saturated carbocycles. The summed E-state index contributed by atoms with van der Waals surface area (Å²) < 4.78 is 15.0. The highest BCUT2D eigenvalue weighted by molar-refractivity contribution is 6.34. The molecule has 0 aliphatic heterocycles. The Labute approximate surface area is 144 Å². The molecule has 6 nitrogen and oxygen atoms in total. The van der Waals surface area contributed by atoms with Crippen molar-refractivity contribution in [3.8, 4) is 11.5 Å². The van der Waals surface area contributed by atoms with Gasteiger partial charge in [0.15, 0.2) is 0 Å². The van der Waals surface area contributed by atoms with Crippen LogP contribution in [0.25, 0.3) is 0 Å². The lowest BCUT2D eigenvalue weighted by Gasteiger charge is -2.12. The molecular weight excluding hydrogens is 334 g/mol. The summed E-state index contributed by atoms with van der Waals surface area (Å²) in [6, 6.07) is 9.28. The molecule has 2 rings (SSSR count). The Balaban J connectivity index is 2.31. The molecule has 126 valence electrons. The third-order valence-corrected chi connectivity index (χ3v) is 3.62. The minimum absolute atomic E-state index is 0.277. The number of halogens is 1. The van der Waals surface area contributed by atoms with E-state index in [9.17, 15) is 9.59 Å². The molecule has 0 aromatic heterocycles. The third-order valence-electron chi connectivity index (χ3n) is 3.29. The van der Waals surface area contributed by atoms with E-state index in [1.165, 1.54) is 39.5 Å². The minimum atomic E-state index is -0.524. The van der Waals surface area contributed by atoms with Gasteiger partial charge in [-0.25, -0.2) is 4.79 Å². The number of anilines is 1. The summed E-state index contributed by atoms with van der Waals surface area (Å²) >= 11 is 6.08. The highest BCUT2D eigenvalue weighted by atomic mass is 35.5. The fourth-order valence-corrected chi connectivity index (χ4v) is 2.21. The zero-order valence-corrected chi connectivity index (χ0v) is 14.1. The van der Waals surface area contributed by atoms with Crippen molar-refractivity contribution in [3.05, 3.63) is 52.5 Å². The molecule has 0 heterocycles. The van der Waals surface area contributed by atoms with Gasteiger partial charge in [-0.15, -0.1) is 0 Å². The maximum Gasteiger partial charge on any atom is 0.337 e. The highest BCUT2D eigenvalue weighted by Gasteiger charge is 2.16. The number of amides is 1. The molecule has 0 aliphatic carbocycles. The first-order chi connectivity index (χ1) is 11.5. The van der Waals surface area contributed by atoms with Crippen LogP contribution in [0, 0.1) is 0 Å². The van der Waals surface area contributed by atoms with Gasteiger partial charge in [-0.3, -0.25) is 4.79 Å². The number of benzene rings is 2. The van der Waals surface area contributed by atoms with Gasteiger partial charge in [0.05, 0.1) is 43.2 Å². The van der Waals surface area contributed by atoms with Crippen LogP contribution >= 0.6 is 11.6 Å². The SMILES string of the molecule is COC(=O)c1ccc(Cl)c(NC(=O)c2ccc(OC)cc2OC)c1. The molecule has 0 spiro atoms. The third kappa shape index (κ3) is 3.78. The highest BCUT2D eigenvalue weighted by Crippen LogP contribution is 2.28. The van der Waals surface area contributed by atoms with Gasteiger partial charge in [0.2, 0.25) is 0 Å². The number of ether oxygens (including phenoxy) is 3. The van der Waals surface area contributed by atoms with E-state index < -0.39 is 11.9 Å². The van der Waals surface area contributed by atoms with Crippen LogP contribution in [0.2, 0.25) is 5.02 Å². The summed E-state index contributed by atoms with van der Waals surface area (Å²) in [4.78, 5) is 24.1.